The van der Waals surface area contributed by atoms with Crippen LogP contribution in [0.1, 0.15) is 43.0 Å². The molecule has 6 nitrogen and oxygen atoms in total. The van der Waals surface area contributed by atoms with Crippen molar-refractivity contribution in [1.82, 2.24) is 20.0 Å². The van der Waals surface area contributed by atoms with E-state index in [0.29, 0.717) is 5.89 Å². The Morgan fingerprint density at radius 3 is 2.52 bits per heavy atom. The van der Waals surface area contributed by atoms with E-state index in [1.807, 2.05) is 54.3 Å². The lowest BCUT2D eigenvalue weighted by atomic mass is 9.93. The Kier molecular flexibility index (Phi) is 4.96. The Bertz CT molecular complexity index is 887. The lowest BCUT2D eigenvalue weighted by Gasteiger charge is -2.32. The number of carbonyl (C=O) groups is 1. The first-order chi connectivity index (χ1) is 13.2. The molecule has 1 atom stereocenters. The van der Waals surface area contributed by atoms with Crippen molar-refractivity contribution < 1.29 is 9.32 Å². The number of benzene rings is 1. The molecule has 0 bridgehead atoms. The number of hydrogen-bond acceptors (Lipinski definition) is 5. The summed E-state index contributed by atoms with van der Waals surface area (Å²) in [5.41, 5.74) is 1.93. The SMILES string of the molecule is CC(C(=O)N1CCC(c2noc(-c3ccncc3)n2)CC1)c1ccccc1. The highest BCUT2D eigenvalue weighted by atomic mass is 16.5. The van der Waals surface area contributed by atoms with Crippen molar-refractivity contribution in [1.29, 1.82) is 0 Å². The van der Waals surface area contributed by atoms with Gasteiger partial charge in [0.25, 0.3) is 5.89 Å². The quantitative estimate of drug-likeness (QED) is 0.708. The van der Waals surface area contributed by atoms with E-state index in [0.717, 1.165) is 42.9 Å². The molecule has 0 N–H and O–H groups in total. The Morgan fingerprint density at radius 1 is 1.11 bits per heavy atom. The third kappa shape index (κ3) is 3.74. The number of hydrogen-bond donors (Lipinski definition) is 0. The predicted molar refractivity (Wildman–Crippen MR) is 101 cm³/mol. The van der Waals surface area contributed by atoms with E-state index >= 15 is 0 Å². The van der Waals surface area contributed by atoms with Crippen LogP contribution in [0.25, 0.3) is 11.5 Å². The summed E-state index contributed by atoms with van der Waals surface area (Å²) in [5, 5.41) is 4.16. The van der Waals surface area contributed by atoms with Crippen LogP contribution in [0.2, 0.25) is 0 Å². The molecule has 1 amide bonds. The van der Waals surface area contributed by atoms with E-state index in [4.69, 9.17) is 4.52 Å². The molecular weight excluding hydrogens is 340 g/mol. The Labute approximate surface area is 158 Å². The number of amides is 1. The average Bonchev–Trinajstić information content (AvgIpc) is 3.24. The molecule has 27 heavy (non-hydrogen) atoms. The maximum atomic E-state index is 12.8. The third-order valence-electron chi connectivity index (χ3n) is 5.21. The van der Waals surface area contributed by atoms with Gasteiger partial charge >= 0.3 is 0 Å². The molecule has 1 fully saturated rings. The average molecular weight is 362 g/mol. The van der Waals surface area contributed by atoms with Gasteiger partial charge in [0.2, 0.25) is 5.91 Å². The number of nitrogens with zero attached hydrogens (tertiary/aromatic N) is 4. The minimum absolute atomic E-state index is 0.119. The largest absolute Gasteiger partial charge is 0.342 e. The first kappa shape index (κ1) is 17.4. The standard InChI is InChI=1S/C21H22N4O2/c1-15(16-5-3-2-4-6-16)21(26)25-13-9-17(10-14-25)19-23-20(27-24-19)18-7-11-22-12-8-18/h2-8,11-12,15,17H,9-10,13-14H2,1H3. The molecule has 138 valence electrons. The van der Waals surface area contributed by atoms with Crippen molar-refractivity contribution in [3.63, 3.8) is 0 Å². The van der Waals surface area contributed by atoms with Gasteiger partial charge in [-0.25, -0.2) is 0 Å². The van der Waals surface area contributed by atoms with E-state index < -0.39 is 0 Å². The maximum Gasteiger partial charge on any atom is 0.258 e. The number of likely N-dealkylation sites (tertiary alicyclic amines) is 1. The van der Waals surface area contributed by atoms with Gasteiger partial charge in [-0.2, -0.15) is 4.98 Å². The molecule has 3 aromatic rings. The molecule has 6 heteroatoms. The second kappa shape index (κ2) is 7.70. The number of aromatic nitrogens is 3. The van der Waals surface area contributed by atoms with Crippen molar-refractivity contribution in [3.05, 3.63) is 66.2 Å². The van der Waals surface area contributed by atoms with E-state index in [2.05, 4.69) is 15.1 Å². The van der Waals surface area contributed by atoms with Gasteiger partial charge in [-0.15, -0.1) is 0 Å². The van der Waals surface area contributed by atoms with Crippen molar-refractivity contribution in [2.24, 2.45) is 0 Å². The van der Waals surface area contributed by atoms with Gasteiger partial charge in [-0.05, 0) is 37.5 Å². The highest BCUT2D eigenvalue weighted by Crippen LogP contribution is 2.29. The lowest BCUT2D eigenvalue weighted by molar-refractivity contribution is -0.133. The molecule has 0 radical (unpaired) electrons. The van der Waals surface area contributed by atoms with Gasteiger partial charge in [0, 0.05) is 37.0 Å². The van der Waals surface area contributed by atoms with Crippen LogP contribution >= 0.6 is 0 Å². The molecule has 1 aromatic carbocycles. The normalized spacial score (nSPS) is 16.3. The monoisotopic (exact) mass is 362 g/mol. The molecule has 0 spiro atoms. The lowest BCUT2D eigenvalue weighted by Crippen LogP contribution is -2.40. The molecule has 1 aliphatic rings. The first-order valence-corrected chi connectivity index (χ1v) is 9.30. The Hall–Kier alpha value is -3.02. The van der Waals surface area contributed by atoms with E-state index in [9.17, 15) is 4.79 Å². The number of rotatable bonds is 4. The van der Waals surface area contributed by atoms with Gasteiger partial charge in [0.05, 0.1) is 5.92 Å². The molecule has 1 aliphatic heterocycles. The molecule has 2 aromatic heterocycles. The van der Waals surface area contributed by atoms with Crippen LogP contribution in [0, 0.1) is 0 Å². The smallest absolute Gasteiger partial charge is 0.258 e. The molecule has 1 unspecified atom stereocenters. The summed E-state index contributed by atoms with van der Waals surface area (Å²) >= 11 is 0. The fourth-order valence-corrected chi connectivity index (χ4v) is 3.53. The van der Waals surface area contributed by atoms with Crippen LogP contribution in [0.4, 0.5) is 0 Å². The summed E-state index contributed by atoms with van der Waals surface area (Å²) in [5.74, 6) is 1.53. The summed E-state index contributed by atoms with van der Waals surface area (Å²) in [6.45, 7) is 3.42. The Balaban J connectivity index is 1.38. The number of piperidine rings is 1. The van der Waals surface area contributed by atoms with Crippen molar-refractivity contribution in [2.45, 2.75) is 31.6 Å². The van der Waals surface area contributed by atoms with Gasteiger partial charge in [0.15, 0.2) is 5.82 Å². The fraction of sp³-hybridized carbons (Fsp3) is 0.333. The summed E-state index contributed by atoms with van der Waals surface area (Å²) in [7, 11) is 0. The van der Waals surface area contributed by atoms with E-state index in [1.165, 1.54) is 0 Å². The van der Waals surface area contributed by atoms with Crippen molar-refractivity contribution in [2.75, 3.05) is 13.1 Å². The summed E-state index contributed by atoms with van der Waals surface area (Å²) in [6, 6.07) is 13.6. The van der Waals surface area contributed by atoms with Crippen LogP contribution in [-0.4, -0.2) is 39.0 Å². The third-order valence-corrected chi connectivity index (χ3v) is 5.21. The van der Waals surface area contributed by atoms with Crippen LogP contribution in [-0.2, 0) is 4.79 Å². The van der Waals surface area contributed by atoms with Crippen molar-refractivity contribution >= 4 is 5.91 Å². The van der Waals surface area contributed by atoms with E-state index in [1.54, 1.807) is 12.4 Å². The highest BCUT2D eigenvalue weighted by Gasteiger charge is 2.29. The van der Waals surface area contributed by atoms with Crippen LogP contribution in [0.5, 0.6) is 0 Å². The van der Waals surface area contributed by atoms with Crippen LogP contribution in [0.3, 0.4) is 0 Å². The van der Waals surface area contributed by atoms with Gasteiger partial charge in [-0.1, -0.05) is 35.5 Å². The number of carbonyl (C=O) groups excluding carboxylic acids is 1. The molecule has 3 heterocycles. The Morgan fingerprint density at radius 2 is 1.81 bits per heavy atom. The molecule has 0 aliphatic carbocycles. The zero-order valence-corrected chi connectivity index (χ0v) is 15.3. The predicted octanol–water partition coefficient (Wildman–Crippen LogP) is 3.64. The minimum Gasteiger partial charge on any atom is -0.342 e. The second-order valence-corrected chi connectivity index (χ2v) is 6.93. The molecule has 0 saturated carbocycles. The van der Waals surface area contributed by atoms with Crippen molar-refractivity contribution in [3.8, 4) is 11.5 Å². The number of pyridine rings is 1. The topological polar surface area (TPSA) is 72.1 Å². The molecule has 1 saturated heterocycles. The second-order valence-electron chi connectivity index (χ2n) is 6.93. The zero-order valence-electron chi connectivity index (χ0n) is 15.3. The maximum absolute atomic E-state index is 12.8. The van der Waals surface area contributed by atoms with E-state index in [-0.39, 0.29) is 17.7 Å². The highest BCUT2D eigenvalue weighted by molar-refractivity contribution is 5.83. The van der Waals surface area contributed by atoms with Crippen LogP contribution < -0.4 is 0 Å². The summed E-state index contributed by atoms with van der Waals surface area (Å²) < 4.78 is 5.40. The van der Waals surface area contributed by atoms with Gasteiger partial charge < -0.3 is 9.42 Å². The summed E-state index contributed by atoms with van der Waals surface area (Å²) in [4.78, 5) is 23.3. The van der Waals surface area contributed by atoms with Gasteiger partial charge in [0.1, 0.15) is 0 Å². The molecular formula is C21H22N4O2. The minimum atomic E-state index is -0.119. The summed E-state index contributed by atoms with van der Waals surface area (Å²) in [6.07, 6.45) is 5.11. The fourth-order valence-electron chi connectivity index (χ4n) is 3.53. The van der Waals surface area contributed by atoms with Gasteiger partial charge in [-0.3, -0.25) is 9.78 Å². The zero-order chi connectivity index (χ0) is 18.6. The first-order valence-electron chi connectivity index (χ1n) is 9.30. The van der Waals surface area contributed by atoms with Crippen LogP contribution in [0.15, 0.2) is 59.4 Å². The molecule has 4 rings (SSSR count).